The van der Waals surface area contributed by atoms with Crippen molar-refractivity contribution < 1.29 is 9.53 Å². The van der Waals surface area contributed by atoms with Crippen LogP contribution in [-0.2, 0) is 4.79 Å². The molecule has 5 nitrogen and oxygen atoms in total. The van der Waals surface area contributed by atoms with Crippen LogP contribution in [0.2, 0.25) is 0 Å². The highest BCUT2D eigenvalue weighted by atomic mass is 16.5. The van der Waals surface area contributed by atoms with Gasteiger partial charge in [0.2, 0.25) is 5.91 Å². The van der Waals surface area contributed by atoms with Gasteiger partial charge >= 0.3 is 0 Å². The van der Waals surface area contributed by atoms with Gasteiger partial charge in [-0.3, -0.25) is 4.79 Å². The number of pyridine rings is 1. The van der Waals surface area contributed by atoms with Crippen molar-refractivity contribution in [3.63, 3.8) is 0 Å². The zero-order valence-corrected chi connectivity index (χ0v) is 13.7. The minimum Gasteiger partial charge on any atom is -0.489 e. The second-order valence-electron chi connectivity index (χ2n) is 6.70. The second-order valence-corrected chi connectivity index (χ2v) is 6.70. The first-order chi connectivity index (χ1) is 11.3. The van der Waals surface area contributed by atoms with Gasteiger partial charge < -0.3 is 15.4 Å². The van der Waals surface area contributed by atoms with Gasteiger partial charge in [-0.05, 0) is 50.3 Å². The topological polar surface area (TPSA) is 63.2 Å². The maximum atomic E-state index is 12.4. The van der Waals surface area contributed by atoms with Crippen molar-refractivity contribution in [2.24, 2.45) is 11.8 Å². The lowest BCUT2D eigenvalue weighted by molar-refractivity contribution is -0.120. The summed E-state index contributed by atoms with van der Waals surface area (Å²) in [6.45, 7) is 2.47. The summed E-state index contributed by atoms with van der Waals surface area (Å²) in [5.41, 5.74) is 0. The van der Waals surface area contributed by atoms with Crippen LogP contribution >= 0.6 is 0 Å². The Morgan fingerprint density at radius 1 is 1.26 bits per heavy atom. The molecule has 0 radical (unpaired) electrons. The smallest absolute Gasteiger partial charge is 0.230 e. The Morgan fingerprint density at radius 3 is 2.91 bits per heavy atom. The van der Waals surface area contributed by atoms with Gasteiger partial charge in [-0.2, -0.15) is 0 Å². The molecular formula is C18H27N3O2. The van der Waals surface area contributed by atoms with E-state index in [1.165, 1.54) is 32.1 Å². The normalized spacial score (nSPS) is 22.5. The zero-order valence-electron chi connectivity index (χ0n) is 13.7. The maximum absolute atomic E-state index is 12.4. The molecule has 2 N–H and O–H groups in total. The molecule has 126 valence electrons. The predicted molar refractivity (Wildman–Crippen MR) is 90.5 cm³/mol. The summed E-state index contributed by atoms with van der Waals surface area (Å²) in [5.74, 6) is 1.94. The number of aromatic nitrogens is 1. The third kappa shape index (κ3) is 4.67. The number of carbonyl (C=O) groups excluding carboxylic acids is 1. The van der Waals surface area contributed by atoms with E-state index in [0.29, 0.717) is 17.5 Å². The van der Waals surface area contributed by atoms with Crippen molar-refractivity contribution >= 4 is 11.7 Å². The molecule has 5 heteroatoms. The fourth-order valence-electron chi connectivity index (χ4n) is 3.46. The standard InChI is InChI=1S/C18H27N3O2/c22-18(15-8-4-10-19-12-15)21-17-16(9-5-11-20-17)23-13-14-6-2-1-3-7-14/h5,9,11,14-15,19H,1-4,6-8,10,12-13H2,(H,20,21,22). The first-order valence-corrected chi connectivity index (χ1v) is 8.92. The molecule has 2 fully saturated rings. The van der Waals surface area contributed by atoms with E-state index in [9.17, 15) is 4.79 Å². The summed E-state index contributed by atoms with van der Waals surface area (Å²) in [6, 6.07) is 3.75. The molecule has 1 saturated heterocycles. The fourth-order valence-corrected chi connectivity index (χ4v) is 3.46. The van der Waals surface area contributed by atoms with E-state index >= 15 is 0 Å². The van der Waals surface area contributed by atoms with Gasteiger partial charge in [-0.25, -0.2) is 4.98 Å². The van der Waals surface area contributed by atoms with E-state index in [-0.39, 0.29) is 11.8 Å². The summed E-state index contributed by atoms with van der Waals surface area (Å²) in [5, 5.41) is 6.22. The minimum absolute atomic E-state index is 0.0250. The molecule has 0 spiro atoms. The molecule has 3 rings (SSSR count). The highest BCUT2D eigenvalue weighted by Crippen LogP contribution is 2.27. The average Bonchev–Trinajstić information content (AvgIpc) is 2.62. The van der Waals surface area contributed by atoms with Crippen molar-refractivity contribution in [3.05, 3.63) is 18.3 Å². The molecule has 2 aliphatic rings. The molecule has 1 saturated carbocycles. The summed E-state index contributed by atoms with van der Waals surface area (Å²) in [7, 11) is 0. The Balaban J connectivity index is 1.57. The van der Waals surface area contributed by atoms with E-state index in [2.05, 4.69) is 15.6 Å². The van der Waals surface area contributed by atoms with Gasteiger partial charge in [0.15, 0.2) is 11.6 Å². The first-order valence-electron chi connectivity index (χ1n) is 8.92. The zero-order chi connectivity index (χ0) is 15.9. The summed E-state index contributed by atoms with van der Waals surface area (Å²) in [6.07, 6.45) is 10.1. The fraction of sp³-hybridized carbons (Fsp3) is 0.667. The molecule has 1 aromatic heterocycles. The first kappa shape index (κ1) is 16.2. The molecule has 1 aliphatic heterocycles. The number of anilines is 1. The highest BCUT2D eigenvalue weighted by Gasteiger charge is 2.22. The molecular weight excluding hydrogens is 290 g/mol. The van der Waals surface area contributed by atoms with Gasteiger partial charge in [0, 0.05) is 12.7 Å². The molecule has 1 amide bonds. The molecule has 23 heavy (non-hydrogen) atoms. The van der Waals surface area contributed by atoms with Crippen molar-refractivity contribution in [1.82, 2.24) is 10.3 Å². The van der Waals surface area contributed by atoms with Crippen LogP contribution in [0.5, 0.6) is 5.75 Å². The lowest BCUT2D eigenvalue weighted by Crippen LogP contribution is -2.37. The third-order valence-corrected chi connectivity index (χ3v) is 4.88. The Morgan fingerprint density at radius 2 is 2.13 bits per heavy atom. The number of nitrogens with one attached hydrogen (secondary N) is 2. The van der Waals surface area contributed by atoms with Crippen LogP contribution in [0.4, 0.5) is 5.82 Å². The van der Waals surface area contributed by atoms with Gasteiger partial charge in [-0.15, -0.1) is 0 Å². The van der Waals surface area contributed by atoms with Crippen LogP contribution in [0.15, 0.2) is 18.3 Å². The molecule has 0 aromatic carbocycles. The third-order valence-electron chi connectivity index (χ3n) is 4.88. The van der Waals surface area contributed by atoms with Gasteiger partial charge in [-0.1, -0.05) is 19.3 Å². The summed E-state index contributed by atoms with van der Waals surface area (Å²) >= 11 is 0. The lowest BCUT2D eigenvalue weighted by atomic mass is 9.90. The highest BCUT2D eigenvalue weighted by molar-refractivity contribution is 5.93. The quantitative estimate of drug-likeness (QED) is 0.876. The van der Waals surface area contributed by atoms with Crippen LogP contribution in [0.25, 0.3) is 0 Å². The van der Waals surface area contributed by atoms with Crippen molar-refractivity contribution in [1.29, 1.82) is 0 Å². The van der Waals surface area contributed by atoms with Crippen LogP contribution in [-0.4, -0.2) is 30.6 Å². The van der Waals surface area contributed by atoms with Crippen molar-refractivity contribution in [3.8, 4) is 5.75 Å². The van der Waals surface area contributed by atoms with Gasteiger partial charge in [0.05, 0.1) is 12.5 Å². The Bertz CT molecular complexity index is 509. The van der Waals surface area contributed by atoms with Crippen LogP contribution < -0.4 is 15.4 Å². The van der Waals surface area contributed by atoms with E-state index in [1.54, 1.807) is 6.20 Å². The summed E-state index contributed by atoms with van der Waals surface area (Å²) in [4.78, 5) is 16.7. The number of ether oxygens (including phenoxy) is 1. The van der Waals surface area contributed by atoms with E-state index in [1.807, 2.05) is 12.1 Å². The number of amides is 1. The van der Waals surface area contributed by atoms with Gasteiger partial charge in [0.1, 0.15) is 0 Å². The Hall–Kier alpha value is -1.62. The second kappa shape index (κ2) is 8.29. The predicted octanol–water partition coefficient (Wildman–Crippen LogP) is 2.98. The SMILES string of the molecule is O=C(Nc1ncccc1OCC1CCCCC1)C1CCCNC1. The molecule has 1 unspecified atom stereocenters. The van der Waals surface area contributed by atoms with Crippen LogP contribution in [0.3, 0.4) is 0 Å². The number of nitrogens with zero attached hydrogens (tertiary/aromatic N) is 1. The lowest BCUT2D eigenvalue weighted by Gasteiger charge is -2.23. The Kier molecular flexibility index (Phi) is 5.86. The number of carbonyl (C=O) groups is 1. The molecule has 2 heterocycles. The largest absolute Gasteiger partial charge is 0.489 e. The molecule has 1 aliphatic carbocycles. The molecule has 0 bridgehead atoms. The van der Waals surface area contributed by atoms with Crippen LogP contribution in [0, 0.1) is 11.8 Å². The van der Waals surface area contributed by atoms with Crippen molar-refractivity contribution in [2.75, 3.05) is 25.0 Å². The summed E-state index contributed by atoms with van der Waals surface area (Å²) < 4.78 is 5.97. The monoisotopic (exact) mass is 317 g/mol. The number of hydrogen-bond acceptors (Lipinski definition) is 4. The maximum Gasteiger partial charge on any atom is 0.230 e. The van der Waals surface area contributed by atoms with E-state index in [4.69, 9.17) is 4.74 Å². The Labute approximate surface area is 138 Å². The number of hydrogen-bond donors (Lipinski definition) is 2. The van der Waals surface area contributed by atoms with Gasteiger partial charge in [0.25, 0.3) is 0 Å². The molecule has 1 aromatic rings. The van der Waals surface area contributed by atoms with E-state index in [0.717, 1.165) is 32.5 Å². The van der Waals surface area contributed by atoms with Crippen molar-refractivity contribution in [2.45, 2.75) is 44.9 Å². The van der Waals surface area contributed by atoms with E-state index < -0.39 is 0 Å². The number of piperidine rings is 1. The minimum atomic E-state index is 0.0250. The molecule has 1 atom stereocenters. The van der Waals surface area contributed by atoms with Crippen LogP contribution in [0.1, 0.15) is 44.9 Å². The average molecular weight is 317 g/mol. The number of rotatable bonds is 5.